The number of hydrogen-bond acceptors (Lipinski definition) is 3. The van der Waals surface area contributed by atoms with Gasteiger partial charge in [-0.3, -0.25) is 9.18 Å². The molecule has 0 aromatic carbocycles. The van der Waals surface area contributed by atoms with Crippen LogP contribution in [0.5, 0.6) is 0 Å². The Morgan fingerprint density at radius 3 is 2.81 bits per heavy atom. The zero-order valence-electron chi connectivity index (χ0n) is 9.36. The third-order valence-corrected chi connectivity index (χ3v) is 3.62. The van der Waals surface area contributed by atoms with Crippen molar-refractivity contribution in [2.45, 2.75) is 18.9 Å². The van der Waals surface area contributed by atoms with E-state index in [1.54, 1.807) is 4.90 Å². The average molecular weight is 230 g/mol. The van der Waals surface area contributed by atoms with Crippen LogP contribution in [-0.2, 0) is 4.79 Å². The van der Waals surface area contributed by atoms with Gasteiger partial charge in [-0.2, -0.15) is 0 Å². The normalized spacial score (nSPS) is 31.2. The molecular formula is C11H19FN2O2. The summed E-state index contributed by atoms with van der Waals surface area (Å²) >= 11 is 0. The van der Waals surface area contributed by atoms with Crippen LogP contribution in [0.3, 0.4) is 0 Å². The van der Waals surface area contributed by atoms with E-state index in [1.165, 1.54) is 0 Å². The second-order valence-electron chi connectivity index (χ2n) is 4.73. The Morgan fingerprint density at radius 2 is 2.25 bits per heavy atom. The second kappa shape index (κ2) is 5.10. The van der Waals surface area contributed by atoms with Gasteiger partial charge < -0.3 is 15.3 Å². The standard InChI is InChI=1S/C11H19FN2O2/c12-3-1-8-7-14(4-2-10(8)15)11(16)9-5-13-6-9/h8-10,13,15H,1-7H2. The molecule has 2 unspecified atom stereocenters. The van der Waals surface area contributed by atoms with Crippen LogP contribution in [0.15, 0.2) is 0 Å². The molecule has 0 aliphatic carbocycles. The van der Waals surface area contributed by atoms with Crippen molar-refractivity contribution in [2.75, 3.05) is 32.9 Å². The molecule has 0 aromatic heterocycles. The highest BCUT2D eigenvalue weighted by atomic mass is 19.1. The number of halogens is 1. The van der Waals surface area contributed by atoms with Gasteiger partial charge in [0.2, 0.25) is 5.91 Å². The molecule has 0 spiro atoms. The van der Waals surface area contributed by atoms with Crippen molar-refractivity contribution in [3.8, 4) is 0 Å². The first-order valence-corrected chi connectivity index (χ1v) is 5.96. The minimum atomic E-state index is -0.445. The van der Waals surface area contributed by atoms with E-state index < -0.39 is 12.8 Å². The van der Waals surface area contributed by atoms with Crippen molar-refractivity contribution in [2.24, 2.45) is 11.8 Å². The number of aliphatic hydroxyl groups is 1. The predicted molar refractivity (Wildman–Crippen MR) is 57.6 cm³/mol. The lowest BCUT2D eigenvalue weighted by Gasteiger charge is -2.39. The number of amides is 1. The number of carbonyl (C=O) groups is 1. The van der Waals surface area contributed by atoms with Gasteiger partial charge in [0.15, 0.2) is 0 Å². The van der Waals surface area contributed by atoms with Crippen LogP contribution in [0.4, 0.5) is 4.39 Å². The van der Waals surface area contributed by atoms with Crippen LogP contribution in [0.25, 0.3) is 0 Å². The van der Waals surface area contributed by atoms with Crippen molar-refractivity contribution in [3.63, 3.8) is 0 Å². The number of carbonyl (C=O) groups excluding carboxylic acids is 1. The SMILES string of the molecule is O=C(C1CNC1)N1CCC(O)C(CCF)C1. The zero-order chi connectivity index (χ0) is 11.5. The second-order valence-corrected chi connectivity index (χ2v) is 4.73. The molecule has 2 N–H and O–H groups in total. The fraction of sp³-hybridized carbons (Fsp3) is 0.909. The van der Waals surface area contributed by atoms with E-state index >= 15 is 0 Å². The summed E-state index contributed by atoms with van der Waals surface area (Å²) in [6.45, 7) is 2.21. The molecule has 0 aromatic rings. The molecule has 2 fully saturated rings. The lowest BCUT2D eigenvalue weighted by atomic mass is 9.90. The summed E-state index contributed by atoms with van der Waals surface area (Å²) in [6, 6.07) is 0. The van der Waals surface area contributed by atoms with E-state index in [-0.39, 0.29) is 17.7 Å². The van der Waals surface area contributed by atoms with Crippen molar-refractivity contribution < 1.29 is 14.3 Å². The Balaban J connectivity index is 1.88. The lowest BCUT2D eigenvalue weighted by molar-refractivity contribution is -0.141. The van der Waals surface area contributed by atoms with E-state index in [4.69, 9.17) is 0 Å². The number of likely N-dealkylation sites (tertiary alicyclic amines) is 1. The van der Waals surface area contributed by atoms with E-state index in [0.29, 0.717) is 25.9 Å². The van der Waals surface area contributed by atoms with Gasteiger partial charge in [-0.1, -0.05) is 0 Å². The van der Waals surface area contributed by atoms with Crippen LogP contribution < -0.4 is 5.32 Å². The van der Waals surface area contributed by atoms with Crippen LogP contribution in [-0.4, -0.2) is 54.9 Å². The van der Waals surface area contributed by atoms with Crippen molar-refractivity contribution in [1.29, 1.82) is 0 Å². The number of alkyl halides is 1. The third kappa shape index (κ3) is 2.35. The summed E-state index contributed by atoms with van der Waals surface area (Å²) in [7, 11) is 0. The van der Waals surface area contributed by atoms with Crippen molar-refractivity contribution >= 4 is 5.91 Å². The number of hydrogen-bond donors (Lipinski definition) is 2. The van der Waals surface area contributed by atoms with Gasteiger partial charge in [-0.05, 0) is 12.8 Å². The summed E-state index contributed by atoms with van der Waals surface area (Å²) in [5, 5.41) is 12.8. The van der Waals surface area contributed by atoms with Gasteiger partial charge in [0.25, 0.3) is 0 Å². The Morgan fingerprint density at radius 1 is 1.50 bits per heavy atom. The summed E-state index contributed by atoms with van der Waals surface area (Å²) in [5.41, 5.74) is 0. The first kappa shape index (κ1) is 11.8. The molecule has 2 heterocycles. The molecule has 2 saturated heterocycles. The highest BCUT2D eigenvalue weighted by Gasteiger charge is 2.34. The highest BCUT2D eigenvalue weighted by Crippen LogP contribution is 2.22. The third-order valence-electron chi connectivity index (χ3n) is 3.62. The number of nitrogens with one attached hydrogen (secondary N) is 1. The number of piperidine rings is 1. The molecule has 1 amide bonds. The van der Waals surface area contributed by atoms with Crippen LogP contribution in [0.2, 0.25) is 0 Å². The molecule has 2 aliphatic heterocycles. The Hall–Kier alpha value is -0.680. The number of rotatable bonds is 3. The molecule has 92 valence electrons. The van der Waals surface area contributed by atoms with E-state index in [0.717, 1.165) is 13.1 Å². The first-order valence-electron chi connectivity index (χ1n) is 5.96. The lowest BCUT2D eigenvalue weighted by Crippen LogP contribution is -2.55. The monoisotopic (exact) mass is 230 g/mol. The molecule has 5 heteroatoms. The summed E-state index contributed by atoms with van der Waals surface area (Å²) < 4.78 is 12.3. The van der Waals surface area contributed by atoms with Crippen LogP contribution in [0, 0.1) is 11.8 Å². The molecule has 2 rings (SSSR count). The molecular weight excluding hydrogens is 211 g/mol. The van der Waals surface area contributed by atoms with E-state index in [9.17, 15) is 14.3 Å². The number of nitrogens with zero attached hydrogens (tertiary/aromatic N) is 1. The summed E-state index contributed by atoms with van der Waals surface area (Å²) in [5.74, 6) is 0.173. The quantitative estimate of drug-likeness (QED) is 0.704. The average Bonchev–Trinajstić information content (AvgIpc) is 2.19. The maximum absolute atomic E-state index is 12.3. The van der Waals surface area contributed by atoms with Gasteiger partial charge in [0.1, 0.15) is 0 Å². The molecule has 0 saturated carbocycles. The summed E-state index contributed by atoms with van der Waals surface area (Å²) in [4.78, 5) is 13.7. The summed E-state index contributed by atoms with van der Waals surface area (Å²) in [6.07, 6.45) is 0.490. The van der Waals surface area contributed by atoms with Gasteiger partial charge in [-0.25, -0.2) is 0 Å². The highest BCUT2D eigenvalue weighted by molar-refractivity contribution is 5.80. The predicted octanol–water partition coefficient (Wildman–Crippen LogP) is -0.225. The van der Waals surface area contributed by atoms with Crippen LogP contribution in [0.1, 0.15) is 12.8 Å². The Kier molecular flexibility index (Phi) is 3.76. The molecule has 0 radical (unpaired) electrons. The fourth-order valence-electron chi connectivity index (χ4n) is 2.37. The molecule has 4 nitrogen and oxygen atoms in total. The van der Waals surface area contributed by atoms with Crippen LogP contribution >= 0.6 is 0 Å². The van der Waals surface area contributed by atoms with Crippen molar-refractivity contribution in [1.82, 2.24) is 10.2 Å². The molecule has 16 heavy (non-hydrogen) atoms. The van der Waals surface area contributed by atoms with Gasteiger partial charge in [0, 0.05) is 32.1 Å². The number of aliphatic hydroxyl groups excluding tert-OH is 1. The van der Waals surface area contributed by atoms with E-state index in [2.05, 4.69) is 5.32 Å². The zero-order valence-corrected chi connectivity index (χ0v) is 9.36. The smallest absolute Gasteiger partial charge is 0.228 e. The van der Waals surface area contributed by atoms with Gasteiger partial charge in [0.05, 0.1) is 18.7 Å². The topological polar surface area (TPSA) is 52.6 Å². The first-order chi connectivity index (χ1) is 7.72. The maximum Gasteiger partial charge on any atom is 0.228 e. The molecule has 2 atom stereocenters. The largest absolute Gasteiger partial charge is 0.393 e. The molecule has 2 aliphatic rings. The Bertz CT molecular complexity index is 258. The Labute approximate surface area is 94.8 Å². The van der Waals surface area contributed by atoms with Gasteiger partial charge in [-0.15, -0.1) is 0 Å². The van der Waals surface area contributed by atoms with E-state index in [1.807, 2.05) is 0 Å². The maximum atomic E-state index is 12.3. The fourth-order valence-corrected chi connectivity index (χ4v) is 2.37. The van der Waals surface area contributed by atoms with Gasteiger partial charge >= 0.3 is 0 Å². The minimum absolute atomic E-state index is 0.0873. The molecule has 0 bridgehead atoms. The van der Waals surface area contributed by atoms with Crippen molar-refractivity contribution in [3.05, 3.63) is 0 Å². The minimum Gasteiger partial charge on any atom is -0.393 e.